The number of carbonyl (C=O) groups excluding carboxylic acids is 1. The van der Waals surface area contributed by atoms with Gasteiger partial charge in [0.05, 0.1) is 12.7 Å². The van der Waals surface area contributed by atoms with E-state index in [4.69, 9.17) is 9.84 Å². The molecule has 0 saturated carbocycles. The van der Waals surface area contributed by atoms with Gasteiger partial charge in [-0.2, -0.15) is 0 Å². The first-order valence-corrected chi connectivity index (χ1v) is 7.05. The van der Waals surface area contributed by atoms with E-state index in [0.29, 0.717) is 22.6 Å². The largest absolute Gasteiger partial charge is 0.496 e. The monoisotopic (exact) mass is 309 g/mol. The predicted octanol–water partition coefficient (Wildman–Crippen LogP) is 3.19. The van der Waals surface area contributed by atoms with Crippen molar-refractivity contribution >= 4 is 29.2 Å². The van der Waals surface area contributed by atoms with E-state index in [1.54, 1.807) is 19.3 Å². The predicted molar refractivity (Wildman–Crippen MR) is 87.6 cm³/mol. The van der Waals surface area contributed by atoms with Gasteiger partial charge < -0.3 is 15.2 Å². The molecular formula is C18H15NO4. The van der Waals surface area contributed by atoms with Crippen LogP contribution in [0.5, 0.6) is 5.75 Å². The fraction of sp³-hybridized carbons (Fsp3) is 0.111. The summed E-state index contributed by atoms with van der Waals surface area (Å²) in [4.78, 5) is 23.4. The number of hydrogen-bond acceptors (Lipinski definition) is 3. The van der Waals surface area contributed by atoms with Gasteiger partial charge in [0.15, 0.2) is 0 Å². The second kappa shape index (κ2) is 5.61. The van der Waals surface area contributed by atoms with E-state index in [0.717, 1.165) is 11.1 Å². The Labute approximate surface area is 133 Å². The molecule has 3 rings (SSSR count). The minimum absolute atomic E-state index is 0.141. The van der Waals surface area contributed by atoms with Gasteiger partial charge in [0.25, 0.3) is 5.91 Å². The number of carboxylic acids is 1. The number of nitrogens with one attached hydrogen (secondary N) is 1. The summed E-state index contributed by atoms with van der Waals surface area (Å²) in [5, 5.41) is 11.9. The highest BCUT2D eigenvalue weighted by molar-refractivity contribution is 6.35. The fourth-order valence-corrected chi connectivity index (χ4v) is 2.59. The maximum absolute atomic E-state index is 12.2. The molecule has 1 amide bonds. The van der Waals surface area contributed by atoms with Crippen molar-refractivity contribution in [3.05, 3.63) is 58.7 Å². The Bertz CT molecular complexity index is 852. The zero-order valence-corrected chi connectivity index (χ0v) is 12.7. The van der Waals surface area contributed by atoms with Crippen molar-refractivity contribution in [1.82, 2.24) is 0 Å². The van der Waals surface area contributed by atoms with Crippen LogP contribution in [0.25, 0.3) is 11.6 Å². The Morgan fingerprint density at radius 3 is 2.70 bits per heavy atom. The normalized spacial score (nSPS) is 14.5. The molecule has 1 aliphatic heterocycles. The minimum atomic E-state index is -1.03. The van der Waals surface area contributed by atoms with Gasteiger partial charge in [-0.3, -0.25) is 4.79 Å². The van der Waals surface area contributed by atoms with Gasteiger partial charge in [0.1, 0.15) is 5.75 Å². The van der Waals surface area contributed by atoms with Crippen LogP contribution in [0.15, 0.2) is 36.4 Å². The Morgan fingerprint density at radius 2 is 2.00 bits per heavy atom. The highest BCUT2D eigenvalue weighted by Crippen LogP contribution is 2.35. The summed E-state index contributed by atoms with van der Waals surface area (Å²) >= 11 is 0. The minimum Gasteiger partial charge on any atom is -0.496 e. The number of benzene rings is 2. The third-order valence-electron chi connectivity index (χ3n) is 3.73. The van der Waals surface area contributed by atoms with Crippen molar-refractivity contribution in [3.8, 4) is 5.75 Å². The number of aryl methyl sites for hydroxylation is 1. The zero-order valence-electron chi connectivity index (χ0n) is 12.7. The molecule has 1 aliphatic rings. The van der Waals surface area contributed by atoms with Crippen molar-refractivity contribution < 1.29 is 19.4 Å². The Balaban J connectivity index is 2.15. The summed E-state index contributed by atoms with van der Waals surface area (Å²) in [6.45, 7) is 1.95. The maximum atomic E-state index is 12.2. The lowest BCUT2D eigenvalue weighted by Crippen LogP contribution is -2.03. The molecule has 0 atom stereocenters. The van der Waals surface area contributed by atoms with Crippen molar-refractivity contribution in [2.24, 2.45) is 0 Å². The van der Waals surface area contributed by atoms with E-state index in [-0.39, 0.29) is 11.5 Å². The van der Waals surface area contributed by atoms with Crippen LogP contribution in [0.3, 0.4) is 0 Å². The van der Waals surface area contributed by atoms with E-state index in [9.17, 15) is 9.59 Å². The molecule has 0 fully saturated rings. The van der Waals surface area contributed by atoms with Crippen LogP contribution in [0.2, 0.25) is 0 Å². The molecule has 5 nitrogen and oxygen atoms in total. The summed E-state index contributed by atoms with van der Waals surface area (Å²) in [5.41, 5.74) is 3.56. The number of aromatic carboxylic acids is 1. The molecule has 2 N–H and O–H groups in total. The van der Waals surface area contributed by atoms with Crippen LogP contribution in [-0.4, -0.2) is 24.1 Å². The first-order chi connectivity index (χ1) is 11.0. The van der Waals surface area contributed by atoms with Gasteiger partial charge in [-0.1, -0.05) is 11.6 Å². The SMILES string of the molecule is COc1ccc(C)cc1/C=C1/C(=O)Nc2ccc(C(=O)O)cc21. The van der Waals surface area contributed by atoms with E-state index in [1.807, 2.05) is 25.1 Å². The number of hydrogen-bond donors (Lipinski definition) is 2. The van der Waals surface area contributed by atoms with Gasteiger partial charge in [0, 0.05) is 22.4 Å². The zero-order chi connectivity index (χ0) is 16.6. The van der Waals surface area contributed by atoms with Crippen molar-refractivity contribution in [2.45, 2.75) is 6.92 Å². The van der Waals surface area contributed by atoms with Gasteiger partial charge in [-0.25, -0.2) is 4.79 Å². The van der Waals surface area contributed by atoms with Gasteiger partial charge in [-0.05, 0) is 43.3 Å². The van der Waals surface area contributed by atoms with Crippen LogP contribution in [0.1, 0.15) is 27.0 Å². The molecular weight excluding hydrogens is 294 g/mol. The van der Waals surface area contributed by atoms with Crippen LogP contribution < -0.4 is 10.1 Å². The molecule has 1 heterocycles. The molecule has 0 unspecified atom stereocenters. The molecule has 0 bridgehead atoms. The number of anilines is 1. The maximum Gasteiger partial charge on any atom is 0.335 e. The highest BCUT2D eigenvalue weighted by atomic mass is 16.5. The summed E-state index contributed by atoms with van der Waals surface area (Å²) in [7, 11) is 1.57. The molecule has 0 spiro atoms. The van der Waals surface area contributed by atoms with Crippen LogP contribution in [-0.2, 0) is 4.79 Å². The molecule has 2 aromatic rings. The van der Waals surface area contributed by atoms with E-state index in [2.05, 4.69) is 5.32 Å². The fourth-order valence-electron chi connectivity index (χ4n) is 2.59. The number of methoxy groups -OCH3 is 1. The second-order valence-corrected chi connectivity index (χ2v) is 5.32. The Morgan fingerprint density at radius 1 is 1.22 bits per heavy atom. The number of carboxylic acid groups (broad SMARTS) is 1. The molecule has 0 saturated heterocycles. The smallest absolute Gasteiger partial charge is 0.335 e. The third-order valence-corrected chi connectivity index (χ3v) is 3.73. The second-order valence-electron chi connectivity index (χ2n) is 5.32. The topological polar surface area (TPSA) is 75.6 Å². The summed E-state index contributed by atoms with van der Waals surface area (Å²) < 4.78 is 5.33. The average molecular weight is 309 g/mol. The Kier molecular flexibility index (Phi) is 3.62. The lowest BCUT2D eigenvalue weighted by Gasteiger charge is -2.07. The summed E-state index contributed by atoms with van der Waals surface area (Å²) in [5.74, 6) is -0.635. The van der Waals surface area contributed by atoms with Crippen molar-refractivity contribution in [2.75, 3.05) is 12.4 Å². The third kappa shape index (κ3) is 2.68. The lowest BCUT2D eigenvalue weighted by atomic mass is 10.0. The number of carbonyl (C=O) groups is 2. The van der Waals surface area contributed by atoms with Gasteiger partial charge in [-0.15, -0.1) is 0 Å². The summed E-state index contributed by atoms with van der Waals surface area (Å²) in [6, 6.07) is 10.2. The van der Waals surface area contributed by atoms with E-state index >= 15 is 0 Å². The number of fused-ring (bicyclic) bond motifs is 1. The van der Waals surface area contributed by atoms with Crippen molar-refractivity contribution in [3.63, 3.8) is 0 Å². The molecule has 23 heavy (non-hydrogen) atoms. The Hall–Kier alpha value is -3.08. The van der Waals surface area contributed by atoms with Crippen LogP contribution >= 0.6 is 0 Å². The van der Waals surface area contributed by atoms with Gasteiger partial charge in [0.2, 0.25) is 0 Å². The number of ether oxygens (including phenoxy) is 1. The quantitative estimate of drug-likeness (QED) is 0.854. The number of rotatable bonds is 3. The standard InChI is InChI=1S/C18H15NO4/c1-10-3-6-16(23-2)12(7-10)9-14-13-8-11(18(21)22)4-5-15(13)19-17(14)20/h3-9H,1-2H3,(H,19,20)(H,21,22)/b14-9+. The van der Waals surface area contributed by atoms with E-state index < -0.39 is 5.97 Å². The van der Waals surface area contributed by atoms with Gasteiger partial charge >= 0.3 is 5.97 Å². The van der Waals surface area contributed by atoms with Crippen LogP contribution in [0.4, 0.5) is 5.69 Å². The highest BCUT2D eigenvalue weighted by Gasteiger charge is 2.25. The molecule has 0 radical (unpaired) electrons. The van der Waals surface area contributed by atoms with Crippen molar-refractivity contribution in [1.29, 1.82) is 0 Å². The molecule has 5 heteroatoms. The molecule has 2 aromatic carbocycles. The average Bonchev–Trinajstić information content (AvgIpc) is 2.83. The lowest BCUT2D eigenvalue weighted by molar-refractivity contribution is -0.110. The first-order valence-electron chi connectivity index (χ1n) is 7.05. The number of amides is 1. The molecule has 0 aliphatic carbocycles. The summed E-state index contributed by atoms with van der Waals surface area (Å²) in [6.07, 6.45) is 1.72. The van der Waals surface area contributed by atoms with Crippen LogP contribution in [0, 0.1) is 6.92 Å². The first kappa shape index (κ1) is 14.8. The molecule has 0 aromatic heterocycles. The van der Waals surface area contributed by atoms with E-state index in [1.165, 1.54) is 12.1 Å². The molecule has 116 valence electrons.